The molecule has 1 amide bonds. The van der Waals surface area contributed by atoms with Gasteiger partial charge in [0.15, 0.2) is 0 Å². The summed E-state index contributed by atoms with van der Waals surface area (Å²) in [4.78, 5) is 33.7. The molecule has 1 aromatic heterocycles. The molecule has 2 aromatic rings. The van der Waals surface area contributed by atoms with Gasteiger partial charge in [0.2, 0.25) is 0 Å². The summed E-state index contributed by atoms with van der Waals surface area (Å²) in [5.41, 5.74) is 1.29. The standard InChI is InChI=1S/C22H24BrN3O3/c1-3-25(4-2)12-13-26-19(16-6-5-11-24-14-16)18(21(28)22(26)29)20(27)15-7-9-17(23)10-8-15/h5-11,14,19,27H,3-4,12-13H2,1-2H3/b20-18-. The predicted octanol–water partition coefficient (Wildman–Crippen LogP) is 3.61. The van der Waals surface area contributed by atoms with E-state index in [0.29, 0.717) is 24.2 Å². The lowest BCUT2D eigenvalue weighted by molar-refractivity contribution is -0.140. The van der Waals surface area contributed by atoms with Crippen LogP contribution in [0.2, 0.25) is 0 Å². The fourth-order valence-electron chi connectivity index (χ4n) is 3.55. The molecule has 7 heteroatoms. The first-order chi connectivity index (χ1) is 14.0. The van der Waals surface area contributed by atoms with E-state index in [2.05, 4.69) is 39.7 Å². The number of likely N-dealkylation sites (tertiary alicyclic amines) is 1. The lowest BCUT2D eigenvalue weighted by Crippen LogP contribution is -2.38. The molecule has 0 spiro atoms. The van der Waals surface area contributed by atoms with E-state index in [1.54, 1.807) is 47.6 Å². The summed E-state index contributed by atoms with van der Waals surface area (Å²) in [6.45, 7) is 6.87. The molecule has 0 saturated carbocycles. The fraction of sp³-hybridized carbons (Fsp3) is 0.318. The van der Waals surface area contributed by atoms with Crippen LogP contribution < -0.4 is 0 Å². The van der Waals surface area contributed by atoms with Crippen molar-refractivity contribution in [2.45, 2.75) is 19.9 Å². The molecule has 29 heavy (non-hydrogen) atoms. The Bertz CT molecular complexity index is 909. The molecule has 1 aliphatic heterocycles. The van der Waals surface area contributed by atoms with Gasteiger partial charge in [-0.15, -0.1) is 0 Å². The third-order valence-electron chi connectivity index (χ3n) is 5.21. The molecule has 0 radical (unpaired) electrons. The van der Waals surface area contributed by atoms with Gasteiger partial charge in [-0.25, -0.2) is 0 Å². The van der Waals surface area contributed by atoms with Gasteiger partial charge in [-0.1, -0.05) is 48.0 Å². The van der Waals surface area contributed by atoms with Crippen molar-refractivity contribution >= 4 is 33.4 Å². The van der Waals surface area contributed by atoms with Crippen LogP contribution in [0.3, 0.4) is 0 Å². The highest BCUT2D eigenvalue weighted by molar-refractivity contribution is 9.10. The summed E-state index contributed by atoms with van der Waals surface area (Å²) in [7, 11) is 0. The summed E-state index contributed by atoms with van der Waals surface area (Å²) in [5.74, 6) is -1.43. The number of likely N-dealkylation sites (N-methyl/N-ethyl adjacent to an activating group) is 1. The Labute approximate surface area is 179 Å². The molecule has 3 rings (SSSR count). The van der Waals surface area contributed by atoms with Crippen molar-refractivity contribution in [2.75, 3.05) is 26.2 Å². The van der Waals surface area contributed by atoms with Crippen LogP contribution in [0.5, 0.6) is 0 Å². The average Bonchev–Trinajstić information content (AvgIpc) is 3.00. The average molecular weight is 458 g/mol. The Morgan fingerprint density at radius 1 is 1.17 bits per heavy atom. The van der Waals surface area contributed by atoms with Gasteiger partial charge in [-0.05, 0) is 36.9 Å². The molecular weight excluding hydrogens is 434 g/mol. The molecule has 1 aliphatic rings. The summed E-state index contributed by atoms with van der Waals surface area (Å²) in [6.07, 6.45) is 3.27. The van der Waals surface area contributed by atoms with Gasteiger partial charge in [0, 0.05) is 35.5 Å². The van der Waals surface area contributed by atoms with E-state index in [-0.39, 0.29) is 11.3 Å². The largest absolute Gasteiger partial charge is 0.507 e. The minimum atomic E-state index is -0.668. The molecule has 1 atom stereocenters. The van der Waals surface area contributed by atoms with Crippen LogP contribution in [-0.4, -0.2) is 57.8 Å². The second-order valence-electron chi connectivity index (χ2n) is 6.81. The smallest absolute Gasteiger partial charge is 0.295 e. The second kappa shape index (κ2) is 9.33. The minimum Gasteiger partial charge on any atom is -0.507 e. The van der Waals surface area contributed by atoms with Crippen molar-refractivity contribution in [3.63, 3.8) is 0 Å². The molecule has 0 bridgehead atoms. The Morgan fingerprint density at radius 2 is 1.86 bits per heavy atom. The number of amides is 1. The van der Waals surface area contributed by atoms with Crippen molar-refractivity contribution in [3.05, 3.63) is 70.0 Å². The first kappa shape index (κ1) is 21.2. The third-order valence-corrected chi connectivity index (χ3v) is 5.74. The zero-order valence-electron chi connectivity index (χ0n) is 16.5. The number of carbonyl (C=O) groups is 2. The molecule has 1 saturated heterocycles. The van der Waals surface area contributed by atoms with Gasteiger partial charge in [-0.3, -0.25) is 14.6 Å². The van der Waals surface area contributed by atoms with Crippen molar-refractivity contribution < 1.29 is 14.7 Å². The van der Waals surface area contributed by atoms with E-state index >= 15 is 0 Å². The lowest BCUT2D eigenvalue weighted by atomic mass is 9.96. The van der Waals surface area contributed by atoms with Crippen molar-refractivity contribution in [1.29, 1.82) is 0 Å². The number of aromatic nitrogens is 1. The molecule has 152 valence electrons. The number of hydrogen-bond acceptors (Lipinski definition) is 5. The molecule has 1 aromatic carbocycles. The molecule has 1 N–H and O–H groups in total. The number of pyridine rings is 1. The van der Waals surface area contributed by atoms with Crippen LogP contribution in [0.15, 0.2) is 58.8 Å². The number of nitrogens with zero attached hydrogens (tertiary/aromatic N) is 3. The first-order valence-corrected chi connectivity index (χ1v) is 10.4. The molecular formula is C22H24BrN3O3. The normalized spacial score (nSPS) is 18.6. The number of aliphatic hydroxyl groups is 1. The molecule has 2 heterocycles. The summed E-state index contributed by atoms with van der Waals surface area (Å²) in [5, 5.41) is 11.0. The first-order valence-electron chi connectivity index (χ1n) is 9.64. The van der Waals surface area contributed by atoms with Gasteiger partial charge in [0.1, 0.15) is 5.76 Å². The van der Waals surface area contributed by atoms with Crippen molar-refractivity contribution in [3.8, 4) is 0 Å². The lowest BCUT2D eigenvalue weighted by Gasteiger charge is -2.28. The minimum absolute atomic E-state index is 0.102. The van der Waals surface area contributed by atoms with Crippen LogP contribution in [-0.2, 0) is 9.59 Å². The Morgan fingerprint density at radius 3 is 2.45 bits per heavy atom. The molecule has 0 aliphatic carbocycles. The summed E-state index contributed by atoms with van der Waals surface area (Å²) < 4.78 is 0.859. The zero-order valence-corrected chi connectivity index (χ0v) is 18.1. The van der Waals surface area contributed by atoms with E-state index < -0.39 is 17.7 Å². The zero-order chi connectivity index (χ0) is 21.0. The number of carbonyl (C=O) groups excluding carboxylic acids is 2. The van der Waals surface area contributed by atoms with E-state index in [4.69, 9.17) is 0 Å². The van der Waals surface area contributed by atoms with Crippen LogP contribution in [0, 0.1) is 0 Å². The van der Waals surface area contributed by atoms with Gasteiger partial charge >= 0.3 is 0 Å². The van der Waals surface area contributed by atoms with Crippen LogP contribution in [0.25, 0.3) is 5.76 Å². The van der Waals surface area contributed by atoms with Crippen LogP contribution in [0.4, 0.5) is 0 Å². The van der Waals surface area contributed by atoms with Crippen molar-refractivity contribution in [2.24, 2.45) is 0 Å². The number of ketones is 1. The van der Waals surface area contributed by atoms with Gasteiger partial charge in [0.25, 0.3) is 11.7 Å². The number of aliphatic hydroxyl groups excluding tert-OH is 1. The molecule has 6 nitrogen and oxygen atoms in total. The maximum Gasteiger partial charge on any atom is 0.295 e. The van der Waals surface area contributed by atoms with E-state index in [1.807, 2.05) is 6.07 Å². The Hall–Kier alpha value is -2.51. The number of rotatable bonds is 7. The maximum absolute atomic E-state index is 12.9. The SMILES string of the molecule is CCN(CC)CCN1C(=O)C(=O)/C(=C(\O)c2ccc(Br)cc2)C1c1cccnc1. The van der Waals surface area contributed by atoms with Gasteiger partial charge < -0.3 is 14.9 Å². The predicted molar refractivity (Wildman–Crippen MR) is 115 cm³/mol. The Kier molecular flexibility index (Phi) is 6.82. The number of halogens is 1. The summed E-state index contributed by atoms with van der Waals surface area (Å²) in [6, 6.07) is 9.91. The second-order valence-corrected chi connectivity index (χ2v) is 7.73. The highest BCUT2D eigenvalue weighted by Crippen LogP contribution is 2.39. The molecule has 1 unspecified atom stereocenters. The number of benzene rings is 1. The number of hydrogen-bond donors (Lipinski definition) is 1. The van der Waals surface area contributed by atoms with Crippen molar-refractivity contribution in [1.82, 2.24) is 14.8 Å². The molecule has 1 fully saturated rings. The highest BCUT2D eigenvalue weighted by Gasteiger charge is 2.46. The maximum atomic E-state index is 12.9. The van der Waals surface area contributed by atoms with E-state index in [1.165, 1.54) is 0 Å². The van der Waals surface area contributed by atoms with Gasteiger partial charge in [-0.2, -0.15) is 0 Å². The van der Waals surface area contributed by atoms with Crippen LogP contribution in [0.1, 0.15) is 31.0 Å². The summed E-state index contributed by atoms with van der Waals surface area (Å²) >= 11 is 3.37. The Balaban J connectivity index is 2.06. The van der Waals surface area contributed by atoms with Crippen LogP contribution >= 0.6 is 15.9 Å². The topological polar surface area (TPSA) is 73.7 Å². The van der Waals surface area contributed by atoms with Gasteiger partial charge in [0.05, 0.1) is 11.6 Å². The van der Waals surface area contributed by atoms with E-state index in [0.717, 1.165) is 17.6 Å². The highest BCUT2D eigenvalue weighted by atomic mass is 79.9. The fourth-order valence-corrected chi connectivity index (χ4v) is 3.81. The monoisotopic (exact) mass is 457 g/mol. The third kappa shape index (κ3) is 4.41. The quantitative estimate of drug-likeness (QED) is 0.390. The number of Topliss-reactive ketones (excluding diaryl/α,β-unsaturated/α-hetero) is 1. The van der Waals surface area contributed by atoms with E-state index in [9.17, 15) is 14.7 Å².